The first-order valence-electron chi connectivity index (χ1n) is 5.18. The summed E-state index contributed by atoms with van der Waals surface area (Å²) in [6.45, 7) is 6.54. The number of aromatic nitrogens is 2. The molecule has 0 aromatic carbocycles. The highest BCUT2D eigenvalue weighted by atomic mass is 15.3. The number of anilines is 2. The van der Waals surface area contributed by atoms with Gasteiger partial charge in [0.15, 0.2) is 0 Å². The monoisotopic (exact) mass is 209 g/mol. The molecule has 0 fully saturated rings. The van der Waals surface area contributed by atoms with Gasteiger partial charge in [-0.3, -0.25) is 5.43 Å². The van der Waals surface area contributed by atoms with Crippen LogP contribution in [0.5, 0.6) is 0 Å². The minimum Gasteiger partial charge on any atom is -0.367 e. The van der Waals surface area contributed by atoms with Gasteiger partial charge in [0.1, 0.15) is 5.82 Å². The van der Waals surface area contributed by atoms with E-state index >= 15 is 0 Å². The fraction of sp³-hybridized carbons (Fsp3) is 0.600. The molecule has 0 radical (unpaired) electrons. The Morgan fingerprint density at radius 1 is 1.40 bits per heavy atom. The molecule has 1 heterocycles. The van der Waals surface area contributed by atoms with Gasteiger partial charge in [0.05, 0.1) is 0 Å². The zero-order valence-corrected chi connectivity index (χ0v) is 9.49. The van der Waals surface area contributed by atoms with Crippen LogP contribution in [0.3, 0.4) is 0 Å². The van der Waals surface area contributed by atoms with Crippen molar-refractivity contribution in [3.05, 3.63) is 12.3 Å². The molecule has 0 amide bonds. The molecule has 1 aromatic heterocycles. The number of hydrazine groups is 1. The second-order valence-electron chi connectivity index (χ2n) is 4.08. The summed E-state index contributed by atoms with van der Waals surface area (Å²) in [4.78, 5) is 8.12. The van der Waals surface area contributed by atoms with E-state index in [0.717, 1.165) is 12.2 Å². The number of nitrogen functional groups attached to an aromatic ring is 1. The molecule has 0 aliphatic heterocycles. The Balaban J connectivity index is 2.55. The third-order valence-electron chi connectivity index (χ3n) is 2.00. The van der Waals surface area contributed by atoms with Gasteiger partial charge in [-0.25, -0.2) is 10.8 Å². The molecule has 5 heteroatoms. The van der Waals surface area contributed by atoms with Crippen LogP contribution < -0.4 is 16.6 Å². The van der Waals surface area contributed by atoms with Gasteiger partial charge in [0.2, 0.25) is 5.95 Å². The van der Waals surface area contributed by atoms with Crippen molar-refractivity contribution < 1.29 is 0 Å². The van der Waals surface area contributed by atoms with E-state index < -0.39 is 0 Å². The molecule has 5 nitrogen and oxygen atoms in total. The first-order valence-corrected chi connectivity index (χ1v) is 5.18. The maximum atomic E-state index is 5.23. The molecule has 0 saturated carbocycles. The predicted molar refractivity (Wildman–Crippen MR) is 62.4 cm³/mol. The van der Waals surface area contributed by atoms with Crippen molar-refractivity contribution in [2.45, 2.75) is 33.2 Å². The molecule has 84 valence electrons. The zero-order chi connectivity index (χ0) is 11.3. The standard InChI is InChI=1S/C10H19N5/c1-7(2)6-8(3)13-9-4-5-12-10(14-9)15-11/h4-5,7-8H,6,11H2,1-3H3,(H2,12,13,14,15). The van der Waals surface area contributed by atoms with E-state index in [0.29, 0.717) is 17.9 Å². The van der Waals surface area contributed by atoms with Crippen LogP contribution >= 0.6 is 0 Å². The molecule has 1 atom stereocenters. The van der Waals surface area contributed by atoms with E-state index in [1.807, 2.05) is 6.07 Å². The summed E-state index contributed by atoms with van der Waals surface area (Å²) < 4.78 is 0. The Morgan fingerprint density at radius 2 is 2.13 bits per heavy atom. The summed E-state index contributed by atoms with van der Waals surface area (Å²) in [6.07, 6.45) is 2.78. The molecule has 1 unspecified atom stereocenters. The zero-order valence-electron chi connectivity index (χ0n) is 9.49. The quantitative estimate of drug-likeness (QED) is 0.507. The maximum Gasteiger partial charge on any atom is 0.239 e. The van der Waals surface area contributed by atoms with E-state index in [9.17, 15) is 0 Å². The molecule has 0 aliphatic carbocycles. The van der Waals surface area contributed by atoms with Gasteiger partial charge in [-0.15, -0.1) is 0 Å². The van der Waals surface area contributed by atoms with Crippen LogP contribution in [0.2, 0.25) is 0 Å². The molecule has 1 aromatic rings. The summed E-state index contributed by atoms with van der Waals surface area (Å²) in [6, 6.07) is 2.23. The van der Waals surface area contributed by atoms with Crippen molar-refractivity contribution in [2.24, 2.45) is 11.8 Å². The van der Waals surface area contributed by atoms with Gasteiger partial charge in [-0.05, 0) is 25.3 Å². The smallest absolute Gasteiger partial charge is 0.239 e. The lowest BCUT2D eigenvalue weighted by atomic mass is 10.1. The van der Waals surface area contributed by atoms with Crippen LogP contribution in [0.4, 0.5) is 11.8 Å². The SMILES string of the molecule is CC(C)CC(C)Nc1ccnc(NN)n1. The number of nitrogens with zero attached hydrogens (tertiary/aromatic N) is 2. The average molecular weight is 209 g/mol. The Kier molecular flexibility index (Phi) is 4.30. The lowest BCUT2D eigenvalue weighted by Gasteiger charge is -2.16. The number of hydrogen-bond donors (Lipinski definition) is 3. The Labute approximate surface area is 90.5 Å². The molecule has 0 aliphatic rings. The first-order chi connectivity index (χ1) is 7.11. The van der Waals surface area contributed by atoms with E-state index in [2.05, 4.69) is 41.5 Å². The van der Waals surface area contributed by atoms with Gasteiger partial charge in [-0.2, -0.15) is 4.98 Å². The van der Waals surface area contributed by atoms with E-state index in [-0.39, 0.29) is 0 Å². The Hall–Kier alpha value is -1.36. The van der Waals surface area contributed by atoms with E-state index in [4.69, 9.17) is 5.84 Å². The molecular formula is C10H19N5. The summed E-state index contributed by atoms with van der Waals surface area (Å²) in [5.41, 5.74) is 2.42. The number of rotatable bonds is 5. The first kappa shape index (κ1) is 11.7. The molecular weight excluding hydrogens is 190 g/mol. The molecule has 0 saturated heterocycles. The summed E-state index contributed by atoms with van der Waals surface area (Å²) in [5, 5.41) is 3.30. The molecule has 0 bridgehead atoms. The highest BCUT2D eigenvalue weighted by Gasteiger charge is 2.05. The summed E-state index contributed by atoms with van der Waals surface area (Å²) in [7, 11) is 0. The Morgan fingerprint density at radius 3 is 2.73 bits per heavy atom. The molecule has 0 spiro atoms. The fourth-order valence-electron chi connectivity index (χ4n) is 1.53. The van der Waals surface area contributed by atoms with Gasteiger partial charge >= 0.3 is 0 Å². The van der Waals surface area contributed by atoms with Gasteiger partial charge < -0.3 is 5.32 Å². The average Bonchev–Trinajstić information content (AvgIpc) is 2.16. The van der Waals surface area contributed by atoms with Crippen molar-refractivity contribution in [1.29, 1.82) is 0 Å². The van der Waals surface area contributed by atoms with Crippen molar-refractivity contribution in [3.8, 4) is 0 Å². The third-order valence-corrected chi connectivity index (χ3v) is 2.00. The van der Waals surface area contributed by atoms with Crippen LogP contribution in [0.15, 0.2) is 12.3 Å². The van der Waals surface area contributed by atoms with Crippen LogP contribution in [0.1, 0.15) is 27.2 Å². The largest absolute Gasteiger partial charge is 0.367 e. The second kappa shape index (κ2) is 5.50. The Bertz CT molecular complexity index is 300. The highest BCUT2D eigenvalue weighted by molar-refractivity contribution is 5.39. The minimum absolute atomic E-state index is 0.394. The van der Waals surface area contributed by atoms with Gasteiger partial charge in [-0.1, -0.05) is 13.8 Å². The molecule has 15 heavy (non-hydrogen) atoms. The van der Waals surface area contributed by atoms with Gasteiger partial charge in [0.25, 0.3) is 0 Å². The van der Waals surface area contributed by atoms with Gasteiger partial charge in [0, 0.05) is 12.2 Å². The second-order valence-corrected chi connectivity index (χ2v) is 4.08. The molecule has 4 N–H and O–H groups in total. The number of nitrogens with one attached hydrogen (secondary N) is 2. The topological polar surface area (TPSA) is 75.9 Å². The lowest BCUT2D eigenvalue weighted by molar-refractivity contribution is 0.539. The summed E-state index contributed by atoms with van der Waals surface area (Å²) in [5.74, 6) is 7.12. The lowest BCUT2D eigenvalue weighted by Crippen LogP contribution is -2.19. The van der Waals surface area contributed by atoms with Crippen molar-refractivity contribution in [3.63, 3.8) is 0 Å². The van der Waals surface area contributed by atoms with Crippen LogP contribution in [0, 0.1) is 5.92 Å². The molecule has 1 rings (SSSR count). The van der Waals surface area contributed by atoms with Crippen LogP contribution in [-0.4, -0.2) is 16.0 Å². The van der Waals surface area contributed by atoms with E-state index in [1.165, 1.54) is 0 Å². The van der Waals surface area contributed by atoms with Crippen molar-refractivity contribution in [1.82, 2.24) is 9.97 Å². The van der Waals surface area contributed by atoms with Crippen molar-refractivity contribution >= 4 is 11.8 Å². The number of hydrogen-bond acceptors (Lipinski definition) is 5. The predicted octanol–water partition coefficient (Wildman–Crippen LogP) is 1.61. The maximum absolute atomic E-state index is 5.23. The third kappa shape index (κ3) is 4.12. The highest BCUT2D eigenvalue weighted by Crippen LogP contribution is 2.11. The summed E-state index contributed by atoms with van der Waals surface area (Å²) >= 11 is 0. The number of nitrogens with two attached hydrogens (primary N) is 1. The van der Waals surface area contributed by atoms with Crippen LogP contribution in [-0.2, 0) is 0 Å². The van der Waals surface area contributed by atoms with Crippen LogP contribution in [0.25, 0.3) is 0 Å². The van der Waals surface area contributed by atoms with Crippen molar-refractivity contribution in [2.75, 3.05) is 10.7 Å². The fourth-order valence-corrected chi connectivity index (χ4v) is 1.53. The van der Waals surface area contributed by atoms with E-state index in [1.54, 1.807) is 6.20 Å². The normalized spacial score (nSPS) is 12.6. The minimum atomic E-state index is 0.394.